The van der Waals surface area contributed by atoms with Gasteiger partial charge in [-0.25, -0.2) is 0 Å². The minimum absolute atomic E-state index is 0.643. The molecule has 0 amide bonds. The summed E-state index contributed by atoms with van der Waals surface area (Å²) in [6.07, 6.45) is 1.43. The molecule has 72 valence electrons. The smallest absolute Gasteiger partial charge is 0.00161 e. The van der Waals surface area contributed by atoms with Crippen LogP contribution < -0.4 is 5.73 Å². The van der Waals surface area contributed by atoms with Crippen LogP contribution in [0, 0.1) is 17.8 Å². The summed E-state index contributed by atoms with van der Waals surface area (Å²) in [6, 6.07) is 0. The highest BCUT2D eigenvalue weighted by atomic mass is 15.1. The maximum atomic E-state index is 5.57. The van der Waals surface area contributed by atoms with Crippen molar-refractivity contribution in [1.82, 2.24) is 4.90 Å². The first kappa shape index (κ1) is 10.0. The number of hydrogen-bond donors (Lipinski definition) is 1. The molecule has 2 heteroatoms. The standard InChI is InChI=1S/C10H22N2/c1-8(5-11)6-12(3)7-10-4-9(10)2/h8-10H,4-7,11H2,1-3H3. The highest BCUT2D eigenvalue weighted by Gasteiger charge is 2.33. The largest absolute Gasteiger partial charge is 0.330 e. The van der Waals surface area contributed by atoms with Crippen LogP contribution in [0.5, 0.6) is 0 Å². The van der Waals surface area contributed by atoms with Crippen molar-refractivity contribution in [1.29, 1.82) is 0 Å². The van der Waals surface area contributed by atoms with Gasteiger partial charge in [-0.15, -0.1) is 0 Å². The molecule has 1 fully saturated rings. The SMILES string of the molecule is CC(CN)CN(C)CC1CC1C. The predicted octanol–water partition coefficient (Wildman–Crippen LogP) is 1.17. The minimum Gasteiger partial charge on any atom is -0.330 e. The van der Waals surface area contributed by atoms with Gasteiger partial charge in [0.25, 0.3) is 0 Å². The van der Waals surface area contributed by atoms with Crippen molar-refractivity contribution in [3.8, 4) is 0 Å². The van der Waals surface area contributed by atoms with E-state index in [1.54, 1.807) is 0 Å². The predicted molar refractivity (Wildman–Crippen MR) is 53.0 cm³/mol. The van der Waals surface area contributed by atoms with E-state index >= 15 is 0 Å². The van der Waals surface area contributed by atoms with E-state index in [1.807, 2.05) is 0 Å². The third kappa shape index (κ3) is 3.11. The molecule has 0 radical (unpaired) electrons. The molecule has 1 aliphatic rings. The zero-order chi connectivity index (χ0) is 9.14. The Labute approximate surface area is 76.1 Å². The second-order valence-electron chi connectivity index (χ2n) is 4.54. The molecule has 0 bridgehead atoms. The first-order valence-corrected chi connectivity index (χ1v) is 5.02. The molecule has 0 aromatic heterocycles. The van der Waals surface area contributed by atoms with Crippen molar-refractivity contribution < 1.29 is 0 Å². The van der Waals surface area contributed by atoms with E-state index in [0.29, 0.717) is 5.92 Å². The lowest BCUT2D eigenvalue weighted by Crippen LogP contribution is -2.30. The lowest BCUT2D eigenvalue weighted by molar-refractivity contribution is 0.275. The van der Waals surface area contributed by atoms with E-state index in [9.17, 15) is 0 Å². The van der Waals surface area contributed by atoms with Gasteiger partial charge >= 0.3 is 0 Å². The van der Waals surface area contributed by atoms with Gasteiger partial charge in [-0.1, -0.05) is 13.8 Å². The molecule has 2 N–H and O–H groups in total. The Morgan fingerprint density at radius 3 is 2.58 bits per heavy atom. The van der Waals surface area contributed by atoms with Crippen LogP contribution in [0.15, 0.2) is 0 Å². The molecule has 0 aliphatic heterocycles. The summed E-state index contributed by atoms with van der Waals surface area (Å²) in [5.41, 5.74) is 5.57. The zero-order valence-corrected chi connectivity index (χ0v) is 8.59. The van der Waals surface area contributed by atoms with E-state index in [4.69, 9.17) is 5.73 Å². The summed E-state index contributed by atoms with van der Waals surface area (Å²) in [7, 11) is 2.21. The van der Waals surface area contributed by atoms with Gasteiger partial charge in [0, 0.05) is 13.1 Å². The average molecular weight is 170 g/mol. The normalized spacial score (nSPS) is 30.8. The Morgan fingerprint density at radius 1 is 1.58 bits per heavy atom. The third-order valence-electron chi connectivity index (χ3n) is 2.85. The van der Waals surface area contributed by atoms with Crippen LogP contribution in [-0.2, 0) is 0 Å². The second-order valence-corrected chi connectivity index (χ2v) is 4.54. The van der Waals surface area contributed by atoms with Crippen LogP contribution in [0.25, 0.3) is 0 Å². The fourth-order valence-corrected chi connectivity index (χ4v) is 1.73. The van der Waals surface area contributed by atoms with E-state index in [0.717, 1.165) is 24.9 Å². The Morgan fingerprint density at radius 2 is 2.17 bits per heavy atom. The van der Waals surface area contributed by atoms with Crippen LogP contribution >= 0.6 is 0 Å². The lowest BCUT2D eigenvalue weighted by atomic mass is 10.1. The highest BCUT2D eigenvalue weighted by molar-refractivity contribution is 4.84. The molecule has 3 atom stereocenters. The van der Waals surface area contributed by atoms with E-state index in [1.165, 1.54) is 13.0 Å². The molecule has 0 aromatic carbocycles. The average Bonchev–Trinajstić information content (AvgIpc) is 2.66. The summed E-state index contributed by atoms with van der Waals surface area (Å²) < 4.78 is 0. The van der Waals surface area contributed by atoms with Gasteiger partial charge in [-0.2, -0.15) is 0 Å². The molecular weight excluding hydrogens is 148 g/mol. The quantitative estimate of drug-likeness (QED) is 0.671. The summed E-state index contributed by atoms with van der Waals surface area (Å²) in [6.45, 7) is 7.79. The molecule has 12 heavy (non-hydrogen) atoms. The zero-order valence-electron chi connectivity index (χ0n) is 8.59. The van der Waals surface area contributed by atoms with Gasteiger partial charge in [0.15, 0.2) is 0 Å². The summed E-state index contributed by atoms with van der Waals surface area (Å²) in [5, 5.41) is 0. The third-order valence-corrected chi connectivity index (χ3v) is 2.85. The Balaban J connectivity index is 2.07. The van der Waals surface area contributed by atoms with E-state index in [2.05, 4.69) is 25.8 Å². The molecular formula is C10H22N2. The monoisotopic (exact) mass is 170 g/mol. The minimum atomic E-state index is 0.643. The Bertz CT molecular complexity index is 130. The number of nitrogens with zero attached hydrogens (tertiary/aromatic N) is 1. The summed E-state index contributed by atoms with van der Waals surface area (Å²) in [4.78, 5) is 2.42. The number of rotatable bonds is 5. The van der Waals surface area contributed by atoms with Crippen molar-refractivity contribution in [2.75, 3.05) is 26.7 Å². The number of hydrogen-bond acceptors (Lipinski definition) is 2. The molecule has 1 aliphatic carbocycles. The second kappa shape index (κ2) is 4.24. The van der Waals surface area contributed by atoms with Crippen molar-refractivity contribution in [2.24, 2.45) is 23.5 Å². The topological polar surface area (TPSA) is 29.3 Å². The van der Waals surface area contributed by atoms with Crippen LogP contribution in [-0.4, -0.2) is 31.6 Å². The van der Waals surface area contributed by atoms with Gasteiger partial charge in [0.2, 0.25) is 0 Å². The molecule has 2 nitrogen and oxygen atoms in total. The van der Waals surface area contributed by atoms with Gasteiger partial charge in [-0.05, 0) is 37.8 Å². The molecule has 0 heterocycles. The molecule has 0 spiro atoms. The van der Waals surface area contributed by atoms with Crippen LogP contribution in [0.2, 0.25) is 0 Å². The maximum Gasteiger partial charge on any atom is 0.00161 e. The van der Waals surface area contributed by atoms with Crippen molar-refractivity contribution in [3.05, 3.63) is 0 Å². The van der Waals surface area contributed by atoms with Crippen molar-refractivity contribution in [3.63, 3.8) is 0 Å². The summed E-state index contributed by atoms with van der Waals surface area (Å²) in [5.74, 6) is 2.59. The lowest BCUT2D eigenvalue weighted by Gasteiger charge is -2.20. The fourth-order valence-electron chi connectivity index (χ4n) is 1.73. The van der Waals surface area contributed by atoms with Gasteiger partial charge in [0.05, 0.1) is 0 Å². The Kier molecular flexibility index (Phi) is 3.53. The van der Waals surface area contributed by atoms with Crippen molar-refractivity contribution >= 4 is 0 Å². The van der Waals surface area contributed by atoms with E-state index in [-0.39, 0.29) is 0 Å². The first-order valence-electron chi connectivity index (χ1n) is 5.02. The molecule has 0 saturated heterocycles. The van der Waals surface area contributed by atoms with Gasteiger partial charge in [-0.3, -0.25) is 0 Å². The number of nitrogens with two attached hydrogens (primary N) is 1. The Hall–Kier alpha value is -0.0800. The highest BCUT2D eigenvalue weighted by Crippen LogP contribution is 2.37. The summed E-state index contributed by atoms with van der Waals surface area (Å²) >= 11 is 0. The van der Waals surface area contributed by atoms with Gasteiger partial charge in [0.1, 0.15) is 0 Å². The molecule has 1 saturated carbocycles. The fraction of sp³-hybridized carbons (Fsp3) is 1.00. The maximum absolute atomic E-state index is 5.57. The van der Waals surface area contributed by atoms with Gasteiger partial charge < -0.3 is 10.6 Å². The van der Waals surface area contributed by atoms with Crippen LogP contribution in [0.3, 0.4) is 0 Å². The first-order chi connectivity index (χ1) is 5.63. The van der Waals surface area contributed by atoms with E-state index < -0.39 is 0 Å². The molecule has 0 aromatic rings. The van der Waals surface area contributed by atoms with Crippen molar-refractivity contribution in [2.45, 2.75) is 20.3 Å². The molecule has 3 unspecified atom stereocenters. The van der Waals surface area contributed by atoms with Crippen LogP contribution in [0.4, 0.5) is 0 Å². The van der Waals surface area contributed by atoms with Crippen LogP contribution in [0.1, 0.15) is 20.3 Å². The molecule has 1 rings (SSSR count).